The third-order valence-electron chi connectivity index (χ3n) is 4.19. The van der Waals surface area contributed by atoms with Crippen LogP contribution < -0.4 is 5.32 Å². The van der Waals surface area contributed by atoms with Crippen LogP contribution >= 0.6 is 0 Å². The molecule has 0 radical (unpaired) electrons. The van der Waals surface area contributed by atoms with E-state index in [4.69, 9.17) is 4.74 Å². The molecule has 1 aromatic carbocycles. The molecule has 2 aromatic rings. The number of hydrogen-bond acceptors (Lipinski definition) is 6. The highest BCUT2D eigenvalue weighted by Gasteiger charge is 2.27. The molecule has 0 aliphatic carbocycles. The highest BCUT2D eigenvalue weighted by atomic mass is 32.2. The standard InChI is InChI=1S/C16H21N5O4S/c1-12(15-19-17-11-20(15)2)18-16(22)13-4-3-5-14(10-13)26(23,24)21-6-8-25-9-7-21/h3-5,10-12H,6-9H2,1-2H3,(H,18,22). The molecule has 1 saturated heterocycles. The molecule has 1 atom stereocenters. The molecule has 1 aromatic heterocycles. The maximum atomic E-state index is 12.7. The Bertz CT molecular complexity index is 890. The first-order valence-corrected chi connectivity index (χ1v) is 9.66. The number of rotatable bonds is 5. The van der Waals surface area contributed by atoms with E-state index in [0.717, 1.165) is 0 Å². The van der Waals surface area contributed by atoms with Gasteiger partial charge in [0.1, 0.15) is 6.33 Å². The van der Waals surface area contributed by atoms with Gasteiger partial charge in [0.15, 0.2) is 5.82 Å². The van der Waals surface area contributed by atoms with Crippen LogP contribution in [0.15, 0.2) is 35.5 Å². The van der Waals surface area contributed by atoms with E-state index in [1.807, 2.05) is 0 Å². The molecule has 2 heterocycles. The molecular formula is C16H21N5O4S. The van der Waals surface area contributed by atoms with Crippen molar-refractivity contribution >= 4 is 15.9 Å². The summed E-state index contributed by atoms with van der Waals surface area (Å²) in [5.74, 6) is 0.231. The predicted molar refractivity (Wildman–Crippen MR) is 92.9 cm³/mol. The summed E-state index contributed by atoms with van der Waals surface area (Å²) in [7, 11) is -1.86. The van der Waals surface area contributed by atoms with E-state index in [-0.39, 0.29) is 22.4 Å². The van der Waals surface area contributed by atoms with Crippen LogP contribution in [0.4, 0.5) is 0 Å². The van der Waals surface area contributed by atoms with Crippen molar-refractivity contribution in [3.05, 3.63) is 42.0 Å². The zero-order valence-electron chi connectivity index (χ0n) is 14.6. The number of morpholine rings is 1. The molecule has 10 heteroatoms. The monoisotopic (exact) mass is 379 g/mol. The van der Waals surface area contributed by atoms with Crippen molar-refractivity contribution < 1.29 is 17.9 Å². The first-order valence-electron chi connectivity index (χ1n) is 8.22. The maximum Gasteiger partial charge on any atom is 0.251 e. The van der Waals surface area contributed by atoms with Gasteiger partial charge in [-0.15, -0.1) is 10.2 Å². The number of sulfonamides is 1. The second-order valence-electron chi connectivity index (χ2n) is 6.04. The summed E-state index contributed by atoms with van der Waals surface area (Å²) in [6.45, 7) is 3.14. The fourth-order valence-electron chi connectivity index (χ4n) is 2.76. The Kier molecular flexibility index (Phi) is 5.35. The molecule has 1 N–H and O–H groups in total. The maximum absolute atomic E-state index is 12.7. The summed E-state index contributed by atoms with van der Waals surface area (Å²) < 4.78 is 33.7. The Morgan fingerprint density at radius 2 is 2.04 bits per heavy atom. The lowest BCUT2D eigenvalue weighted by atomic mass is 10.2. The number of benzene rings is 1. The van der Waals surface area contributed by atoms with Gasteiger partial charge in [0.05, 0.1) is 24.2 Å². The molecule has 0 spiro atoms. The lowest BCUT2D eigenvalue weighted by Gasteiger charge is -2.26. The third kappa shape index (κ3) is 3.76. The number of aromatic nitrogens is 3. The molecule has 140 valence electrons. The summed E-state index contributed by atoms with van der Waals surface area (Å²) in [4.78, 5) is 12.6. The van der Waals surface area contributed by atoms with Crippen molar-refractivity contribution in [1.82, 2.24) is 24.4 Å². The minimum atomic E-state index is -3.65. The zero-order chi connectivity index (χ0) is 18.7. The molecule has 1 unspecified atom stereocenters. The van der Waals surface area contributed by atoms with E-state index in [1.165, 1.54) is 16.4 Å². The average Bonchev–Trinajstić information content (AvgIpc) is 3.08. The number of carbonyl (C=O) groups is 1. The minimum Gasteiger partial charge on any atom is -0.379 e. The number of hydrogen-bond donors (Lipinski definition) is 1. The van der Waals surface area contributed by atoms with Crippen LogP contribution in [0.1, 0.15) is 29.1 Å². The molecule has 1 aliphatic heterocycles. The quantitative estimate of drug-likeness (QED) is 0.802. The largest absolute Gasteiger partial charge is 0.379 e. The Morgan fingerprint density at radius 3 is 2.69 bits per heavy atom. The SMILES string of the molecule is CC(NC(=O)c1cccc(S(=O)(=O)N2CCOCC2)c1)c1nncn1C. The summed E-state index contributed by atoms with van der Waals surface area (Å²) >= 11 is 0. The Balaban J connectivity index is 1.78. The molecule has 0 saturated carbocycles. The highest BCUT2D eigenvalue weighted by molar-refractivity contribution is 7.89. The van der Waals surface area contributed by atoms with Crippen LogP contribution in [-0.2, 0) is 21.8 Å². The van der Waals surface area contributed by atoms with E-state index in [0.29, 0.717) is 32.1 Å². The van der Waals surface area contributed by atoms with Crippen LogP contribution in [0.5, 0.6) is 0 Å². The molecule has 1 aliphatic rings. The predicted octanol–water partition coefficient (Wildman–Crippen LogP) is 0.327. The van der Waals surface area contributed by atoms with Gasteiger partial charge in [0, 0.05) is 25.7 Å². The van der Waals surface area contributed by atoms with E-state index in [9.17, 15) is 13.2 Å². The first-order chi connectivity index (χ1) is 12.4. The van der Waals surface area contributed by atoms with Gasteiger partial charge >= 0.3 is 0 Å². The van der Waals surface area contributed by atoms with Crippen molar-refractivity contribution in [2.75, 3.05) is 26.3 Å². The fraction of sp³-hybridized carbons (Fsp3) is 0.438. The number of aryl methyl sites for hydroxylation is 1. The van der Waals surface area contributed by atoms with E-state index in [2.05, 4.69) is 15.5 Å². The van der Waals surface area contributed by atoms with Gasteiger partial charge in [-0.25, -0.2) is 8.42 Å². The Morgan fingerprint density at radius 1 is 1.31 bits per heavy atom. The number of nitrogens with zero attached hydrogens (tertiary/aromatic N) is 4. The average molecular weight is 379 g/mol. The van der Waals surface area contributed by atoms with Gasteiger partial charge in [0.25, 0.3) is 5.91 Å². The summed E-state index contributed by atoms with van der Waals surface area (Å²) in [5.41, 5.74) is 0.272. The first kappa shape index (κ1) is 18.5. The molecule has 0 bridgehead atoms. The summed E-state index contributed by atoms with van der Waals surface area (Å²) in [6, 6.07) is 5.67. The minimum absolute atomic E-state index is 0.0957. The molecule has 1 fully saturated rings. The summed E-state index contributed by atoms with van der Waals surface area (Å²) in [5, 5.41) is 10.6. The van der Waals surface area contributed by atoms with Gasteiger partial charge < -0.3 is 14.6 Å². The number of ether oxygens (including phenoxy) is 1. The lowest BCUT2D eigenvalue weighted by molar-refractivity contribution is 0.0730. The van der Waals surface area contributed by atoms with E-state index < -0.39 is 10.0 Å². The van der Waals surface area contributed by atoms with E-state index >= 15 is 0 Å². The van der Waals surface area contributed by atoms with Crippen LogP contribution in [-0.4, -0.2) is 59.7 Å². The molecule has 3 rings (SSSR count). The highest BCUT2D eigenvalue weighted by Crippen LogP contribution is 2.19. The van der Waals surface area contributed by atoms with Crippen LogP contribution in [0.2, 0.25) is 0 Å². The van der Waals surface area contributed by atoms with Gasteiger partial charge in [-0.3, -0.25) is 4.79 Å². The van der Waals surface area contributed by atoms with Crippen LogP contribution in [0, 0.1) is 0 Å². The molecule has 9 nitrogen and oxygen atoms in total. The second-order valence-corrected chi connectivity index (χ2v) is 7.98. The lowest BCUT2D eigenvalue weighted by Crippen LogP contribution is -2.40. The van der Waals surface area contributed by atoms with Crippen molar-refractivity contribution in [2.24, 2.45) is 7.05 Å². The molecule has 26 heavy (non-hydrogen) atoms. The smallest absolute Gasteiger partial charge is 0.251 e. The van der Waals surface area contributed by atoms with Gasteiger partial charge in [0.2, 0.25) is 10.0 Å². The van der Waals surface area contributed by atoms with Crippen LogP contribution in [0.25, 0.3) is 0 Å². The number of carbonyl (C=O) groups excluding carboxylic acids is 1. The van der Waals surface area contributed by atoms with Crippen molar-refractivity contribution in [2.45, 2.75) is 17.9 Å². The van der Waals surface area contributed by atoms with Crippen LogP contribution in [0.3, 0.4) is 0 Å². The van der Waals surface area contributed by atoms with Crippen molar-refractivity contribution in [1.29, 1.82) is 0 Å². The van der Waals surface area contributed by atoms with E-state index in [1.54, 1.807) is 37.0 Å². The summed E-state index contributed by atoms with van der Waals surface area (Å²) in [6.07, 6.45) is 1.55. The van der Waals surface area contributed by atoms with Gasteiger partial charge in [-0.1, -0.05) is 6.07 Å². The molecule has 1 amide bonds. The fourth-order valence-corrected chi connectivity index (χ4v) is 4.22. The topological polar surface area (TPSA) is 106 Å². The van der Waals surface area contributed by atoms with Crippen molar-refractivity contribution in [3.8, 4) is 0 Å². The normalized spacial score (nSPS) is 17.0. The number of nitrogens with one attached hydrogen (secondary N) is 1. The second kappa shape index (κ2) is 7.52. The van der Waals surface area contributed by atoms with Gasteiger partial charge in [-0.05, 0) is 25.1 Å². The zero-order valence-corrected chi connectivity index (χ0v) is 15.4. The Labute approximate surface area is 152 Å². The number of amides is 1. The van der Waals surface area contributed by atoms with Gasteiger partial charge in [-0.2, -0.15) is 4.31 Å². The molecular weight excluding hydrogens is 358 g/mol. The van der Waals surface area contributed by atoms with Crippen molar-refractivity contribution in [3.63, 3.8) is 0 Å². The third-order valence-corrected chi connectivity index (χ3v) is 6.08. The Hall–Kier alpha value is -2.30.